The number of aliphatic imine (C=N–C) groups is 1. The van der Waals surface area contributed by atoms with E-state index >= 15 is 0 Å². The highest BCUT2D eigenvalue weighted by molar-refractivity contribution is 5.93. The quantitative estimate of drug-likeness (QED) is 0.765. The van der Waals surface area contributed by atoms with Gasteiger partial charge in [-0.25, -0.2) is 9.98 Å². The number of hydrogen-bond acceptors (Lipinski definition) is 6. The molecule has 0 saturated carbocycles. The Morgan fingerprint density at radius 3 is 2.04 bits per heavy atom. The van der Waals surface area contributed by atoms with Crippen molar-refractivity contribution in [3.8, 4) is 0 Å². The van der Waals surface area contributed by atoms with Crippen LogP contribution in [0.15, 0.2) is 84.2 Å². The summed E-state index contributed by atoms with van der Waals surface area (Å²) in [6, 6.07) is 17.4. The molecule has 6 heteroatoms. The van der Waals surface area contributed by atoms with E-state index in [4.69, 9.17) is 4.74 Å². The van der Waals surface area contributed by atoms with Gasteiger partial charge in [0, 0.05) is 23.5 Å². The zero-order chi connectivity index (χ0) is 17.3. The molecule has 1 aliphatic heterocycles. The molecule has 0 fully saturated rings. The second-order valence-electron chi connectivity index (χ2n) is 5.66. The van der Waals surface area contributed by atoms with Crippen molar-refractivity contribution in [1.82, 2.24) is 9.97 Å². The first-order valence-corrected chi connectivity index (χ1v) is 7.74. The summed E-state index contributed by atoms with van der Waals surface area (Å²) < 4.78 is 5.74. The van der Waals surface area contributed by atoms with E-state index in [9.17, 15) is 10.2 Å². The molecule has 1 aromatic heterocycles. The first kappa shape index (κ1) is 15.4. The Morgan fingerprint density at radius 2 is 1.44 bits per heavy atom. The predicted octanol–water partition coefficient (Wildman–Crippen LogP) is 1.94. The van der Waals surface area contributed by atoms with Crippen LogP contribution in [-0.2, 0) is 16.2 Å². The van der Waals surface area contributed by atoms with Crippen LogP contribution in [0.2, 0.25) is 0 Å². The van der Waals surface area contributed by atoms with E-state index in [1.807, 2.05) is 12.1 Å². The van der Waals surface area contributed by atoms with Gasteiger partial charge in [0.05, 0.1) is 6.20 Å². The molecule has 2 atom stereocenters. The summed E-state index contributed by atoms with van der Waals surface area (Å²) >= 11 is 0. The zero-order valence-corrected chi connectivity index (χ0v) is 13.1. The maximum absolute atomic E-state index is 11.4. The molecule has 1 aliphatic rings. The van der Waals surface area contributed by atoms with Crippen LogP contribution in [0.3, 0.4) is 0 Å². The monoisotopic (exact) mass is 333 g/mol. The summed E-state index contributed by atoms with van der Waals surface area (Å²) in [5, 5.41) is 22.7. The average Bonchev–Trinajstić information content (AvgIpc) is 2.97. The minimum absolute atomic E-state index is 0.0193. The third-order valence-corrected chi connectivity index (χ3v) is 4.10. The first-order chi connectivity index (χ1) is 12.1. The summed E-state index contributed by atoms with van der Waals surface area (Å²) in [5.41, 5.74) is -0.921. The molecule has 2 N–H and O–H groups in total. The molecule has 2 unspecified atom stereocenters. The Hall–Kier alpha value is -3.09. The lowest BCUT2D eigenvalue weighted by Crippen LogP contribution is -2.46. The standard InChI is InChI=1S/C19H15N3O3/c23-18(14-7-3-1-4-8-14)19(24,15-9-5-2-6-10-15)25-17(22-18)16-13-20-11-12-21-16/h1-13,23-24H. The number of nitrogens with zero attached hydrogens (tertiary/aromatic N) is 3. The van der Waals surface area contributed by atoms with Crippen molar-refractivity contribution >= 4 is 5.90 Å². The first-order valence-electron chi connectivity index (χ1n) is 7.74. The molecule has 0 bridgehead atoms. The van der Waals surface area contributed by atoms with E-state index in [2.05, 4.69) is 15.0 Å². The van der Waals surface area contributed by atoms with Crippen LogP contribution >= 0.6 is 0 Å². The highest BCUT2D eigenvalue weighted by atomic mass is 16.7. The second kappa shape index (κ2) is 5.77. The van der Waals surface area contributed by atoms with Crippen molar-refractivity contribution < 1.29 is 14.9 Å². The number of aliphatic hydroxyl groups is 2. The van der Waals surface area contributed by atoms with Gasteiger partial charge in [-0.3, -0.25) is 4.98 Å². The lowest BCUT2D eigenvalue weighted by Gasteiger charge is -2.34. The van der Waals surface area contributed by atoms with Crippen LogP contribution in [0.25, 0.3) is 0 Å². The summed E-state index contributed by atoms with van der Waals surface area (Å²) in [5.74, 6) is -2.08. The molecular weight excluding hydrogens is 318 g/mol. The lowest BCUT2D eigenvalue weighted by molar-refractivity contribution is -0.259. The normalized spacial score (nSPS) is 25.3. The van der Waals surface area contributed by atoms with Gasteiger partial charge in [-0.05, 0) is 0 Å². The molecule has 0 aliphatic carbocycles. The second-order valence-corrected chi connectivity index (χ2v) is 5.66. The van der Waals surface area contributed by atoms with Gasteiger partial charge in [0.15, 0.2) is 0 Å². The van der Waals surface area contributed by atoms with Crippen molar-refractivity contribution in [1.29, 1.82) is 0 Å². The van der Waals surface area contributed by atoms with Crippen LogP contribution in [-0.4, -0.2) is 26.1 Å². The van der Waals surface area contributed by atoms with Crippen molar-refractivity contribution in [3.63, 3.8) is 0 Å². The van der Waals surface area contributed by atoms with Gasteiger partial charge in [0.2, 0.25) is 5.90 Å². The third-order valence-electron chi connectivity index (χ3n) is 4.10. The zero-order valence-electron chi connectivity index (χ0n) is 13.1. The minimum atomic E-state index is -2.09. The SMILES string of the molecule is OC1(c2ccccc2)N=C(c2cnccn2)OC1(O)c1ccccc1. The summed E-state index contributed by atoms with van der Waals surface area (Å²) in [6.07, 6.45) is 4.47. The predicted molar refractivity (Wildman–Crippen MR) is 90.3 cm³/mol. The van der Waals surface area contributed by atoms with Gasteiger partial charge in [0.1, 0.15) is 5.69 Å². The van der Waals surface area contributed by atoms with E-state index < -0.39 is 11.5 Å². The Bertz CT molecular complexity index is 903. The van der Waals surface area contributed by atoms with E-state index in [0.717, 1.165) is 0 Å². The summed E-state index contributed by atoms with van der Waals surface area (Å²) in [7, 11) is 0. The van der Waals surface area contributed by atoms with E-state index in [1.54, 1.807) is 48.5 Å². The molecule has 2 aromatic carbocycles. The van der Waals surface area contributed by atoms with Crippen LogP contribution < -0.4 is 0 Å². The fourth-order valence-electron chi connectivity index (χ4n) is 2.83. The Balaban J connectivity index is 1.90. The molecule has 2 heterocycles. The maximum Gasteiger partial charge on any atom is 0.291 e. The van der Waals surface area contributed by atoms with Crippen LogP contribution in [0.1, 0.15) is 16.8 Å². The number of ether oxygens (including phenoxy) is 1. The molecule has 3 aromatic rings. The number of benzene rings is 2. The van der Waals surface area contributed by atoms with E-state index in [-0.39, 0.29) is 5.90 Å². The highest BCUT2D eigenvalue weighted by Gasteiger charge is 2.60. The molecular formula is C19H15N3O3. The minimum Gasteiger partial charge on any atom is -0.433 e. The molecule has 0 saturated heterocycles. The maximum atomic E-state index is 11.4. The number of hydrogen-bond donors (Lipinski definition) is 2. The Labute approximate surface area is 144 Å². The van der Waals surface area contributed by atoms with Gasteiger partial charge < -0.3 is 14.9 Å². The smallest absolute Gasteiger partial charge is 0.291 e. The lowest BCUT2D eigenvalue weighted by atomic mass is 9.89. The number of rotatable bonds is 3. The Kier molecular flexibility index (Phi) is 3.56. The van der Waals surface area contributed by atoms with Gasteiger partial charge >= 0.3 is 0 Å². The van der Waals surface area contributed by atoms with Crippen molar-refractivity contribution in [2.75, 3.05) is 0 Å². The molecule has 25 heavy (non-hydrogen) atoms. The number of aromatic nitrogens is 2. The van der Waals surface area contributed by atoms with E-state index in [0.29, 0.717) is 16.8 Å². The molecule has 0 radical (unpaired) electrons. The van der Waals surface area contributed by atoms with Crippen LogP contribution in [0.4, 0.5) is 0 Å². The fourth-order valence-corrected chi connectivity index (χ4v) is 2.83. The third kappa shape index (κ3) is 2.39. The van der Waals surface area contributed by atoms with Crippen molar-refractivity contribution in [2.45, 2.75) is 11.5 Å². The molecule has 0 spiro atoms. The molecule has 6 nitrogen and oxygen atoms in total. The van der Waals surface area contributed by atoms with Crippen LogP contribution in [0, 0.1) is 0 Å². The highest BCUT2D eigenvalue weighted by Crippen LogP contribution is 2.47. The van der Waals surface area contributed by atoms with E-state index in [1.165, 1.54) is 18.6 Å². The Morgan fingerprint density at radius 1 is 0.800 bits per heavy atom. The largest absolute Gasteiger partial charge is 0.433 e. The average molecular weight is 333 g/mol. The molecule has 124 valence electrons. The summed E-state index contributed by atoms with van der Waals surface area (Å²) in [4.78, 5) is 12.4. The van der Waals surface area contributed by atoms with Gasteiger partial charge in [-0.2, -0.15) is 0 Å². The van der Waals surface area contributed by atoms with Gasteiger partial charge in [0.25, 0.3) is 11.5 Å². The van der Waals surface area contributed by atoms with Gasteiger partial charge in [-0.1, -0.05) is 60.7 Å². The fraction of sp³-hybridized carbons (Fsp3) is 0.105. The topological polar surface area (TPSA) is 87.8 Å². The van der Waals surface area contributed by atoms with Gasteiger partial charge in [-0.15, -0.1) is 0 Å². The molecule has 4 rings (SSSR count). The van der Waals surface area contributed by atoms with Crippen molar-refractivity contribution in [2.24, 2.45) is 4.99 Å². The molecule has 0 amide bonds. The van der Waals surface area contributed by atoms with Crippen molar-refractivity contribution in [3.05, 3.63) is 96.1 Å². The summed E-state index contributed by atoms with van der Waals surface area (Å²) in [6.45, 7) is 0. The van der Waals surface area contributed by atoms with Crippen LogP contribution in [0.5, 0.6) is 0 Å².